The van der Waals surface area contributed by atoms with E-state index in [1.165, 1.54) is 30.6 Å². The molecule has 2 rings (SSSR count). The maximum Gasteiger partial charge on any atom is 0.180 e. The van der Waals surface area contributed by atoms with Gasteiger partial charge in [0.25, 0.3) is 0 Å². The molecule has 1 saturated carbocycles. The number of nitriles is 1. The molecule has 0 spiro atoms. The van der Waals surface area contributed by atoms with Crippen molar-refractivity contribution in [1.29, 1.82) is 5.26 Å². The number of thiophene rings is 1. The largest absolute Gasteiger partial charge is 0.396 e. The van der Waals surface area contributed by atoms with Crippen molar-refractivity contribution < 1.29 is 8.42 Å². The monoisotopic (exact) mass is 313 g/mol. The van der Waals surface area contributed by atoms with E-state index in [-0.39, 0.29) is 15.5 Å². The predicted octanol–water partition coefficient (Wildman–Crippen LogP) is 2.23. The molecular formula is C13H19N3O2S2. The maximum atomic E-state index is 12.0. The smallest absolute Gasteiger partial charge is 0.180 e. The maximum absolute atomic E-state index is 12.0. The molecule has 1 aromatic rings. The zero-order valence-electron chi connectivity index (χ0n) is 11.7. The minimum atomic E-state index is -3.44. The zero-order valence-corrected chi connectivity index (χ0v) is 13.4. The summed E-state index contributed by atoms with van der Waals surface area (Å²) in [4.78, 5) is 2.45. The molecule has 0 aromatic carbocycles. The van der Waals surface area contributed by atoms with Crippen LogP contribution >= 0.6 is 11.3 Å². The molecule has 1 heterocycles. The van der Waals surface area contributed by atoms with Gasteiger partial charge >= 0.3 is 0 Å². The molecule has 7 heteroatoms. The summed E-state index contributed by atoms with van der Waals surface area (Å²) in [6.07, 6.45) is 4.78. The standard InChI is InChI=1S/C13H19N3O2S2/c1-3-16(8-9-5-4-6-9)13-12(20(2,17)18)11(15)10(7-14)19-13/h9H,3-6,8,15H2,1-2H3. The van der Waals surface area contributed by atoms with Crippen molar-refractivity contribution in [3.8, 4) is 6.07 Å². The van der Waals surface area contributed by atoms with Gasteiger partial charge in [0, 0.05) is 19.3 Å². The number of rotatable bonds is 5. The molecule has 110 valence electrons. The second-order valence-electron chi connectivity index (χ2n) is 5.20. The van der Waals surface area contributed by atoms with Crippen molar-refractivity contribution in [2.24, 2.45) is 5.92 Å². The van der Waals surface area contributed by atoms with Crippen LogP contribution in [0.5, 0.6) is 0 Å². The van der Waals surface area contributed by atoms with Gasteiger partial charge in [-0.15, -0.1) is 11.3 Å². The molecule has 5 nitrogen and oxygen atoms in total. The Bertz CT molecular complexity index is 639. The lowest BCUT2D eigenvalue weighted by Crippen LogP contribution is -2.32. The molecule has 0 radical (unpaired) electrons. The van der Waals surface area contributed by atoms with E-state index in [0.29, 0.717) is 17.5 Å². The van der Waals surface area contributed by atoms with E-state index in [4.69, 9.17) is 11.0 Å². The average molecular weight is 313 g/mol. The molecule has 0 amide bonds. The van der Waals surface area contributed by atoms with E-state index in [1.54, 1.807) is 0 Å². The van der Waals surface area contributed by atoms with Crippen LogP contribution in [-0.2, 0) is 9.84 Å². The van der Waals surface area contributed by atoms with Crippen molar-refractivity contribution in [2.75, 3.05) is 30.0 Å². The van der Waals surface area contributed by atoms with Gasteiger partial charge in [-0.1, -0.05) is 6.42 Å². The van der Waals surface area contributed by atoms with Gasteiger partial charge in [0.2, 0.25) is 0 Å². The SMILES string of the molecule is CCN(CC1CCC1)c1sc(C#N)c(N)c1S(C)(=O)=O. The Labute approximate surface area is 123 Å². The third kappa shape index (κ3) is 2.76. The first-order valence-electron chi connectivity index (χ1n) is 6.65. The summed E-state index contributed by atoms with van der Waals surface area (Å²) in [7, 11) is -3.44. The van der Waals surface area contributed by atoms with E-state index in [2.05, 4.69) is 0 Å². The van der Waals surface area contributed by atoms with Crippen molar-refractivity contribution >= 4 is 31.9 Å². The van der Waals surface area contributed by atoms with Gasteiger partial charge in [0.05, 0.1) is 5.69 Å². The second-order valence-corrected chi connectivity index (χ2v) is 8.15. The molecule has 0 saturated heterocycles. The van der Waals surface area contributed by atoms with E-state index < -0.39 is 9.84 Å². The summed E-state index contributed by atoms with van der Waals surface area (Å²) in [6, 6.07) is 1.99. The minimum Gasteiger partial charge on any atom is -0.396 e. The molecular weight excluding hydrogens is 294 g/mol. The minimum absolute atomic E-state index is 0.0991. The second kappa shape index (κ2) is 5.62. The number of hydrogen-bond donors (Lipinski definition) is 1. The van der Waals surface area contributed by atoms with Gasteiger partial charge in [-0.3, -0.25) is 0 Å². The highest BCUT2D eigenvalue weighted by molar-refractivity contribution is 7.91. The number of nitrogens with zero attached hydrogens (tertiary/aromatic N) is 2. The Hall–Kier alpha value is -1.26. The number of nitrogens with two attached hydrogens (primary N) is 1. The number of hydrogen-bond acceptors (Lipinski definition) is 6. The fourth-order valence-corrected chi connectivity index (χ4v) is 4.99. The summed E-state index contributed by atoms with van der Waals surface area (Å²) < 4.78 is 24.0. The van der Waals surface area contributed by atoms with Crippen molar-refractivity contribution in [3.63, 3.8) is 0 Å². The summed E-state index contributed by atoms with van der Waals surface area (Å²) in [6.45, 7) is 3.54. The Balaban J connectivity index is 2.45. The lowest BCUT2D eigenvalue weighted by molar-refractivity contribution is 0.318. The molecule has 0 unspecified atom stereocenters. The lowest BCUT2D eigenvalue weighted by atomic mass is 9.85. The van der Waals surface area contributed by atoms with Gasteiger partial charge in [-0.25, -0.2) is 8.42 Å². The molecule has 1 aliphatic rings. The number of sulfone groups is 1. The van der Waals surface area contributed by atoms with E-state index in [9.17, 15) is 8.42 Å². The first-order valence-corrected chi connectivity index (χ1v) is 9.36. The van der Waals surface area contributed by atoms with Crippen molar-refractivity contribution in [3.05, 3.63) is 4.88 Å². The summed E-state index contributed by atoms with van der Waals surface area (Å²) in [5, 5.41) is 9.70. The summed E-state index contributed by atoms with van der Waals surface area (Å²) in [5.74, 6) is 0.622. The number of anilines is 2. The van der Waals surface area contributed by atoms with E-state index in [1.807, 2.05) is 17.9 Å². The van der Waals surface area contributed by atoms with Crippen molar-refractivity contribution in [1.82, 2.24) is 0 Å². The average Bonchev–Trinajstić information content (AvgIpc) is 2.64. The first-order chi connectivity index (χ1) is 9.38. The number of nitrogen functional groups attached to an aromatic ring is 1. The Kier molecular flexibility index (Phi) is 4.25. The molecule has 1 aromatic heterocycles. The Morgan fingerprint density at radius 1 is 1.50 bits per heavy atom. The van der Waals surface area contributed by atoms with Gasteiger partial charge in [-0.05, 0) is 25.7 Å². The van der Waals surface area contributed by atoms with E-state index in [0.717, 1.165) is 12.8 Å². The van der Waals surface area contributed by atoms with Crippen LogP contribution in [0.2, 0.25) is 0 Å². The molecule has 0 bridgehead atoms. The van der Waals surface area contributed by atoms with Crippen LogP contribution in [-0.4, -0.2) is 27.8 Å². The van der Waals surface area contributed by atoms with Crippen LogP contribution in [0, 0.1) is 17.2 Å². The topological polar surface area (TPSA) is 87.2 Å². The summed E-state index contributed by atoms with van der Waals surface area (Å²) in [5.41, 5.74) is 5.95. The van der Waals surface area contributed by atoms with E-state index >= 15 is 0 Å². The predicted molar refractivity (Wildman–Crippen MR) is 81.8 cm³/mol. The van der Waals surface area contributed by atoms with Crippen LogP contribution in [0.4, 0.5) is 10.7 Å². The lowest BCUT2D eigenvalue weighted by Gasteiger charge is -2.32. The molecule has 0 atom stereocenters. The van der Waals surface area contributed by atoms with Gasteiger partial charge in [0.1, 0.15) is 20.8 Å². The van der Waals surface area contributed by atoms with Crippen LogP contribution in [0.1, 0.15) is 31.1 Å². The van der Waals surface area contributed by atoms with Crippen LogP contribution < -0.4 is 10.6 Å². The van der Waals surface area contributed by atoms with Crippen molar-refractivity contribution in [2.45, 2.75) is 31.1 Å². The van der Waals surface area contributed by atoms with Gasteiger partial charge in [-0.2, -0.15) is 5.26 Å². The Morgan fingerprint density at radius 2 is 2.15 bits per heavy atom. The fourth-order valence-electron chi connectivity index (χ4n) is 2.41. The summed E-state index contributed by atoms with van der Waals surface area (Å²) >= 11 is 1.18. The third-order valence-electron chi connectivity index (χ3n) is 3.73. The molecule has 1 aliphatic carbocycles. The zero-order chi connectivity index (χ0) is 14.9. The van der Waals surface area contributed by atoms with Crippen LogP contribution in [0.3, 0.4) is 0 Å². The van der Waals surface area contributed by atoms with Crippen LogP contribution in [0.15, 0.2) is 4.90 Å². The van der Waals surface area contributed by atoms with Gasteiger partial charge in [0.15, 0.2) is 9.84 Å². The molecule has 2 N–H and O–H groups in total. The quantitative estimate of drug-likeness (QED) is 0.900. The highest BCUT2D eigenvalue weighted by atomic mass is 32.2. The highest BCUT2D eigenvalue weighted by Gasteiger charge is 2.29. The molecule has 20 heavy (non-hydrogen) atoms. The highest BCUT2D eigenvalue weighted by Crippen LogP contribution is 2.42. The van der Waals surface area contributed by atoms with Crippen LogP contribution in [0.25, 0.3) is 0 Å². The normalized spacial score (nSPS) is 15.7. The first kappa shape index (κ1) is 15.1. The molecule has 0 aliphatic heterocycles. The third-order valence-corrected chi connectivity index (χ3v) is 6.18. The molecule has 1 fully saturated rings. The Morgan fingerprint density at radius 3 is 2.55 bits per heavy atom. The van der Waals surface area contributed by atoms with Gasteiger partial charge < -0.3 is 10.6 Å². The fraction of sp³-hybridized carbons (Fsp3) is 0.615.